The summed E-state index contributed by atoms with van der Waals surface area (Å²) in [5, 5.41) is 7.15. The summed E-state index contributed by atoms with van der Waals surface area (Å²) in [4.78, 5) is 30.7. The fourth-order valence-electron chi connectivity index (χ4n) is 4.12. The van der Waals surface area contributed by atoms with Crippen LogP contribution < -0.4 is 5.32 Å². The summed E-state index contributed by atoms with van der Waals surface area (Å²) in [6, 6.07) is 1.69. The van der Waals surface area contributed by atoms with Gasteiger partial charge in [-0.2, -0.15) is 0 Å². The van der Waals surface area contributed by atoms with E-state index in [0.29, 0.717) is 13.0 Å². The summed E-state index contributed by atoms with van der Waals surface area (Å²) < 4.78 is 0. The molecule has 0 radical (unpaired) electrons. The first-order chi connectivity index (χ1) is 13.2. The highest BCUT2D eigenvalue weighted by molar-refractivity contribution is 7.10. The molecular weight excluding hydrogens is 376 g/mol. The predicted molar refractivity (Wildman–Crippen MR) is 111 cm³/mol. The van der Waals surface area contributed by atoms with Gasteiger partial charge in [-0.3, -0.25) is 9.59 Å². The Morgan fingerprint density at radius 2 is 2.04 bits per heavy atom. The van der Waals surface area contributed by atoms with Crippen molar-refractivity contribution in [2.24, 2.45) is 0 Å². The van der Waals surface area contributed by atoms with Gasteiger partial charge in [-0.25, -0.2) is 0 Å². The summed E-state index contributed by atoms with van der Waals surface area (Å²) in [6.07, 6.45) is 6.91. The van der Waals surface area contributed by atoms with Crippen LogP contribution in [0.4, 0.5) is 0 Å². The number of rotatable bonds is 5. The summed E-state index contributed by atoms with van der Waals surface area (Å²) in [6.45, 7) is 3.48. The first-order valence-corrected chi connectivity index (χ1v) is 11.7. The third-order valence-corrected chi connectivity index (χ3v) is 7.72. The summed E-state index contributed by atoms with van der Waals surface area (Å²) >= 11 is 3.47. The number of carbonyl (C=O) groups excluding carboxylic acids is 2. The van der Waals surface area contributed by atoms with Gasteiger partial charge in [0.05, 0.1) is 5.56 Å². The average molecular weight is 403 g/mol. The Morgan fingerprint density at radius 3 is 2.89 bits per heavy atom. The minimum Gasteiger partial charge on any atom is -0.340 e. The fourth-order valence-corrected chi connectivity index (χ4v) is 6.14. The first-order valence-electron chi connectivity index (χ1n) is 9.91. The van der Waals surface area contributed by atoms with Crippen LogP contribution >= 0.6 is 22.7 Å². The first kappa shape index (κ1) is 18.7. The molecule has 3 heterocycles. The van der Waals surface area contributed by atoms with Crippen LogP contribution in [-0.2, 0) is 30.6 Å². The Labute approximate surface area is 168 Å². The van der Waals surface area contributed by atoms with Crippen LogP contribution in [-0.4, -0.2) is 29.3 Å². The maximum atomic E-state index is 13.1. The van der Waals surface area contributed by atoms with Gasteiger partial charge in [-0.05, 0) is 61.1 Å². The molecule has 144 valence electrons. The Bertz CT molecular complexity index is 839. The molecule has 2 aliphatic rings. The number of aryl methyl sites for hydroxylation is 1. The molecule has 6 heteroatoms. The molecular formula is C21H26N2O2S2. The lowest BCUT2D eigenvalue weighted by molar-refractivity contribution is -0.134. The summed E-state index contributed by atoms with van der Waals surface area (Å²) in [5.74, 6) is -0.0134. The quantitative estimate of drug-likeness (QED) is 0.816. The van der Waals surface area contributed by atoms with Gasteiger partial charge >= 0.3 is 0 Å². The van der Waals surface area contributed by atoms with Crippen LogP contribution in [0, 0.1) is 0 Å². The molecule has 2 amide bonds. The second-order valence-electron chi connectivity index (χ2n) is 7.45. The minimum absolute atomic E-state index is 0.0612. The smallest absolute Gasteiger partial charge is 0.253 e. The minimum atomic E-state index is -0.429. The van der Waals surface area contributed by atoms with Gasteiger partial charge in [-0.15, -0.1) is 22.7 Å². The lowest BCUT2D eigenvalue weighted by Crippen LogP contribution is -2.49. The zero-order valence-corrected chi connectivity index (χ0v) is 17.4. The second-order valence-corrected chi connectivity index (χ2v) is 9.42. The highest BCUT2D eigenvalue weighted by Gasteiger charge is 2.30. The molecule has 0 fully saturated rings. The van der Waals surface area contributed by atoms with Crippen LogP contribution in [0.1, 0.15) is 63.8 Å². The monoisotopic (exact) mass is 402 g/mol. The van der Waals surface area contributed by atoms with E-state index in [9.17, 15) is 9.59 Å². The molecule has 1 aliphatic heterocycles. The van der Waals surface area contributed by atoms with Gasteiger partial charge in [0.1, 0.15) is 6.04 Å². The van der Waals surface area contributed by atoms with E-state index in [2.05, 4.69) is 23.7 Å². The molecule has 1 atom stereocenters. The Balaban J connectivity index is 1.47. The number of carbonyl (C=O) groups is 2. The molecule has 4 rings (SSSR count). The zero-order chi connectivity index (χ0) is 18.8. The van der Waals surface area contributed by atoms with Crippen molar-refractivity contribution < 1.29 is 9.59 Å². The van der Waals surface area contributed by atoms with Crippen LogP contribution in [0.5, 0.6) is 0 Å². The molecule has 1 aliphatic carbocycles. The Kier molecular flexibility index (Phi) is 5.64. The van der Waals surface area contributed by atoms with E-state index in [4.69, 9.17) is 0 Å². The molecule has 1 N–H and O–H groups in total. The molecule has 1 unspecified atom stereocenters. The van der Waals surface area contributed by atoms with Gasteiger partial charge in [0.25, 0.3) is 5.91 Å². The summed E-state index contributed by atoms with van der Waals surface area (Å²) in [7, 11) is 0. The van der Waals surface area contributed by atoms with Crippen LogP contribution in [0.3, 0.4) is 0 Å². The van der Waals surface area contributed by atoms with E-state index in [1.165, 1.54) is 27.3 Å². The maximum absolute atomic E-state index is 13.1. The third-order valence-electron chi connectivity index (χ3n) is 5.61. The largest absolute Gasteiger partial charge is 0.340 e. The van der Waals surface area contributed by atoms with Crippen LogP contribution in [0.15, 0.2) is 16.8 Å². The van der Waals surface area contributed by atoms with Gasteiger partial charge in [0, 0.05) is 28.2 Å². The van der Waals surface area contributed by atoms with Gasteiger partial charge in [-0.1, -0.05) is 13.3 Å². The van der Waals surface area contributed by atoms with E-state index in [-0.39, 0.29) is 11.8 Å². The van der Waals surface area contributed by atoms with E-state index in [1.54, 1.807) is 22.7 Å². The van der Waals surface area contributed by atoms with E-state index < -0.39 is 6.04 Å². The number of amides is 2. The van der Waals surface area contributed by atoms with Gasteiger partial charge < -0.3 is 10.2 Å². The molecule has 27 heavy (non-hydrogen) atoms. The second kappa shape index (κ2) is 8.15. The maximum Gasteiger partial charge on any atom is 0.253 e. The van der Waals surface area contributed by atoms with Crippen molar-refractivity contribution in [3.05, 3.63) is 43.3 Å². The molecule has 0 spiro atoms. The Morgan fingerprint density at radius 1 is 1.19 bits per heavy atom. The SMILES string of the molecule is CCCC(NC(=O)c1csc2c1CCCC2)C(=O)N1CCc2sccc2C1. The zero-order valence-electron chi connectivity index (χ0n) is 15.8. The number of hydrogen-bond acceptors (Lipinski definition) is 4. The summed E-state index contributed by atoms with van der Waals surface area (Å²) in [5.41, 5.74) is 3.27. The highest BCUT2D eigenvalue weighted by atomic mass is 32.1. The number of hydrogen-bond donors (Lipinski definition) is 1. The molecule has 4 nitrogen and oxygen atoms in total. The highest BCUT2D eigenvalue weighted by Crippen LogP contribution is 2.30. The molecule has 2 aromatic rings. The lowest BCUT2D eigenvalue weighted by atomic mass is 9.95. The Hall–Kier alpha value is -1.66. The van der Waals surface area contributed by atoms with Gasteiger partial charge in [0.2, 0.25) is 5.91 Å². The van der Waals surface area contributed by atoms with Crippen LogP contribution in [0.25, 0.3) is 0 Å². The van der Waals surface area contributed by atoms with Crippen molar-refractivity contribution in [2.75, 3.05) is 6.54 Å². The number of nitrogens with one attached hydrogen (secondary N) is 1. The third kappa shape index (κ3) is 3.83. The van der Waals surface area contributed by atoms with Crippen molar-refractivity contribution in [1.29, 1.82) is 0 Å². The van der Waals surface area contributed by atoms with Gasteiger partial charge in [0.15, 0.2) is 0 Å². The normalized spacial score (nSPS) is 17.1. The van der Waals surface area contributed by atoms with E-state index in [1.807, 2.05) is 10.3 Å². The topological polar surface area (TPSA) is 49.4 Å². The fraction of sp³-hybridized carbons (Fsp3) is 0.524. The average Bonchev–Trinajstić information content (AvgIpc) is 3.33. The van der Waals surface area contributed by atoms with Crippen molar-refractivity contribution in [1.82, 2.24) is 10.2 Å². The molecule has 0 aromatic carbocycles. The molecule has 0 bridgehead atoms. The van der Waals surface area contributed by atoms with E-state index in [0.717, 1.165) is 44.2 Å². The van der Waals surface area contributed by atoms with Crippen molar-refractivity contribution in [2.45, 2.75) is 64.5 Å². The predicted octanol–water partition coefficient (Wildman–Crippen LogP) is 4.17. The molecule has 0 saturated carbocycles. The van der Waals surface area contributed by atoms with Crippen molar-refractivity contribution >= 4 is 34.5 Å². The van der Waals surface area contributed by atoms with Crippen LogP contribution in [0.2, 0.25) is 0 Å². The van der Waals surface area contributed by atoms with E-state index >= 15 is 0 Å². The standard InChI is InChI=1S/C21H26N2O2S2/c1-2-5-17(21(25)23-10-8-18-14(12-23)9-11-26-18)22-20(24)16-13-27-19-7-4-3-6-15(16)19/h9,11,13,17H,2-8,10,12H2,1H3,(H,22,24). The van der Waals surface area contributed by atoms with Crippen molar-refractivity contribution in [3.8, 4) is 0 Å². The molecule has 0 saturated heterocycles. The molecule has 2 aromatic heterocycles. The number of nitrogens with zero attached hydrogens (tertiary/aromatic N) is 1. The number of fused-ring (bicyclic) bond motifs is 2. The van der Waals surface area contributed by atoms with Crippen molar-refractivity contribution in [3.63, 3.8) is 0 Å². The lowest BCUT2D eigenvalue weighted by Gasteiger charge is -2.31. The number of thiophene rings is 2.